The number of benzene rings is 1. The fourth-order valence-corrected chi connectivity index (χ4v) is 1.08. The topological polar surface area (TPSA) is 41.1 Å². The molecule has 0 saturated heterocycles. The predicted molar refractivity (Wildman–Crippen MR) is 53.6 cm³/mol. The van der Waals surface area contributed by atoms with Gasteiger partial charge >= 0.3 is 6.03 Å². The lowest BCUT2D eigenvalue weighted by Crippen LogP contribution is -2.30. The summed E-state index contributed by atoms with van der Waals surface area (Å²) in [6.45, 7) is 2.04. The fraction of sp³-hybridized carbons (Fsp3) is 0.300. The largest absolute Gasteiger partial charge is 0.338 e. The second-order valence-corrected chi connectivity index (χ2v) is 3.22. The van der Waals surface area contributed by atoms with E-state index in [9.17, 15) is 22.4 Å². The van der Waals surface area contributed by atoms with Crippen LogP contribution in [0.15, 0.2) is 6.07 Å². The van der Waals surface area contributed by atoms with E-state index in [0.717, 1.165) is 0 Å². The van der Waals surface area contributed by atoms with Gasteiger partial charge in [-0.25, -0.2) is 22.4 Å². The van der Waals surface area contributed by atoms with Gasteiger partial charge in [0.05, 0.1) is 0 Å². The van der Waals surface area contributed by atoms with Gasteiger partial charge in [0.1, 0.15) is 5.69 Å². The summed E-state index contributed by atoms with van der Waals surface area (Å²) >= 11 is 0. The maximum Gasteiger partial charge on any atom is 0.319 e. The van der Waals surface area contributed by atoms with Crippen molar-refractivity contribution in [1.82, 2.24) is 5.32 Å². The molecule has 1 aromatic rings. The van der Waals surface area contributed by atoms with Crippen LogP contribution >= 0.6 is 0 Å². The summed E-state index contributed by atoms with van der Waals surface area (Å²) in [5.41, 5.74) is -1.14. The van der Waals surface area contributed by atoms with E-state index in [1.807, 2.05) is 0 Å². The van der Waals surface area contributed by atoms with Crippen molar-refractivity contribution in [3.8, 4) is 0 Å². The molecule has 94 valence electrons. The van der Waals surface area contributed by atoms with E-state index < -0.39 is 35.0 Å². The van der Waals surface area contributed by atoms with Gasteiger partial charge in [0.25, 0.3) is 0 Å². The van der Waals surface area contributed by atoms with Crippen molar-refractivity contribution < 1.29 is 22.4 Å². The first-order valence-electron chi connectivity index (χ1n) is 4.85. The van der Waals surface area contributed by atoms with Crippen LogP contribution in [0.2, 0.25) is 0 Å². The molecule has 3 nitrogen and oxygen atoms in total. The Morgan fingerprint density at radius 3 is 2.18 bits per heavy atom. The molecule has 0 saturated carbocycles. The van der Waals surface area contributed by atoms with Gasteiger partial charge in [0, 0.05) is 12.6 Å². The van der Waals surface area contributed by atoms with Crippen molar-refractivity contribution >= 4 is 11.7 Å². The lowest BCUT2D eigenvalue weighted by Gasteiger charge is -2.09. The molecule has 2 N–H and O–H groups in total. The number of carbonyl (C=O) groups is 1. The zero-order chi connectivity index (χ0) is 13.0. The molecule has 1 rings (SSSR count). The number of nitrogens with one attached hydrogen (secondary N) is 2. The van der Waals surface area contributed by atoms with Gasteiger partial charge < -0.3 is 10.6 Å². The average Bonchev–Trinajstić information content (AvgIpc) is 2.29. The highest BCUT2D eigenvalue weighted by atomic mass is 19.2. The van der Waals surface area contributed by atoms with E-state index in [4.69, 9.17) is 0 Å². The van der Waals surface area contributed by atoms with Crippen LogP contribution in [0.25, 0.3) is 0 Å². The molecule has 0 unspecified atom stereocenters. The Morgan fingerprint density at radius 1 is 1.18 bits per heavy atom. The smallest absolute Gasteiger partial charge is 0.319 e. The fourth-order valence-electron chi connectivity index (χ4n) is 1.08. The van der Waals surface area contributed by atoms with Gasteiger partial charge in [-0.3, -0.25) is 0 Å². The van der Waals surface area contributed by atoms with Crippen LogP contribution in [0.3, 0.4) is 0 Å². The van der Waals surface area contributed by atoms with E-state index in [1.54, 1.807) is 12.2 Å². The Balaban J connectivity index is 2.94. The number of halogens is 4. The van der Waals surface area contributed by atoms with Crippen molar-refractivity contribution in [2.45, 2.75) is 13.3 Å². The molecule has 0 spiro atoms. The van der Waals surface area contributed by atoms with Crippen molar-refractivity contribution in [1.29, 1.82) is 0 Å². The van der Waals surface area contributed by atoms with Gasteiger partial charge in [-0.1, -0.05) is 6.92 Å². The van der Waals surface area contributed by atoms with Crippen LogP contribution in [0.5, 0.6) is 0 Å². The molecular formula is C10H10F4N2O. The maximum absolute atomic E-state index is 13.1. The number of hydrogen-bond acceptors (Lipinski definition) is 1. The predicted octanol–water partition coefficient (Wildman–Crippen LogP) is 2.77. The minimum absolute atomic E-state index is 0.0692. The third-order valence-corrected chi connectivity index (χ3v) is 1.89. The average molecular weight is 250 g/mol. The number of hydrogen-bond donors (Lipinski definition) is 2. The second-order valence-electron chi connectivity index (χ2n) is 3.22. The Hall–Kier alpha value is -1.79. The Labute approximate surface area is 94.8 Å². The highest BCUT2D eigenvalue weighted by Gasteiger charge is 2.20. The molecule has 2 amide bonds. The van der Waals surface area contributed by atoms with Gasteiger partial charge in [-0.15, -0.1) is 0 Å². The molecule has 17 heavy (non-hydrogen) atoms. The van der Waals surface area contributed by atoms with Gasteiger partial charge in [0.2, 0.25) is 0 Å². The number of carbonyl (C=O) groups excluding carboxylic acids is 1. The summed E-state index contributed by atoms with van der Waals surface area (Å²) in [6, 6.07) is -0.866. The first-order chi connectivity index (χ1) is 7.97. The number of anilines is 1. The summed E-state index contributed by atoms with van der Waals surface area (Å²) in [6.07, 6.45) is 0.607. The van der Waals surface area contributed by atoms with Crippen molar-refractivity contribution in [2.75, 3.05) is 11.9 Å². The molecular weight excluding hydrogens is 240 g/mol. The second kappa shape index (κ2) is 5.51. The Morgan fingerprint density at radius 2 is 1.71 bits per heavy atom. The third-order valence-electron chi connectivity index (χ3n) is 1.89. The third kappa shape index (κ3) is 3.08. The lowest BCUT2D eigenvalue weighted by molar-refractivity contribution is 0.252. The maximum atomic E-state index is 13.1. The molecule has 0 bridgehead atoms. The first-order valence-corrected chi connectivity index (χ1v) is 4.85. The molecule has 0 aliphatic heterocycles. The van der Waals surface area contributed by atoms with E-state index >= 15 is 0 Å². The zero-order valence-electron chi connectivity index (χ0n) is 8.91. The van der Waals surface area contributed by atoms with Crippen LogP contribution in [0.1, 0.15) is 13.3 Å². The summed E-state index contributed by atoms with van der Waals surface area (Å²) in [4.78, 5) is 11.1. The molecule has 7 heteroatoms. The van der Waals surface area contributed by atoms with E-state index in [2.05, 4.69) is 5.32 Å². The van der Waals surface area contributed by atoms with Crippen LogP contribution in [0, 0.1) is 23.3 Å². The zero-order valence-corrected chi connectivity index (χ0v) is 8.91. The molecule has 0 radical (unpaired) electrons. The normalized spacial score (nSPS) is 10.2. The van der Waals surface area contributed by atoms with Crippen LogP contribution < -0.4 is 10.6 Å². The quantitative estimate of drug-likeness (QED) is 0.628. The first kappa shape index (κ1) is 13.3. The van der Waals surface area contributed by atoms with Gasteiger partial charge in [0.15, 0.2) is 23.3 Å². The Bertz CT molecular complexity index is 411. The van der Waals surface area contributed by atoms with Crippen LogP contribution in [-0.2, 0) is 0 Å². The Kier molecular flexibility index (Phi) is 4.30. The molecule has 0 fully saturated rings. The molecule has 0 aromatic heterocycles. The summed E-state index contributed by atoms with van der Waals surface area (Å²) in [5, 5.41) is 3.96. The molecule has 0 aliphatic carbocycles. The highest BCUT2D eigenvalue weighted by Crippen LogP contribution is 2.23. The molecule has 0 heterocycles. The van der Waals surface area contributed by atoms with Gasteiger partial charge in [-0.05, 0) is 6.42 Å². The molecule has 1 aromatic carbocycles. The number of amides is 2. The number of rotatable bonds is 3. The van der Waals surface area contributed by atoms with E-state index in [-0.39, 0.29) is 12.6 Å². The summed E-state index contributed by atoms with van der Waals surface area (Å²) < 4.78 is 51.7. The van der Waals surface area contributed by atoms with Crippen LogP contribution in [0.4, 0.5) is 28.0 Å². The van der Waals surface area contributed by atoms with Crippen LogP contribution in [-0.4, -0.2) is 12.6 Å². The van der Waals surface area contributed by atoms with Crippen molar-refractivity contribution in [3.63, 3.8) is 0 Å². The van der Waals surface area contributed by atoms with Crippen molar-refractivity contribution in [2.24, 2.45) is 0 Å². The highest BCUT2D eigenvalue weighted by molar-refractivity contribution is 5.89. The molecule has 0 atom stereocenters. The summed E-state index contributed by atoms with van der Waals surface area (Å²) in [7, 11) is 0. The summed E-state index contributed by atoms with van der Waals surface area (Å²) in [5.74, 6) is -6.43. The minimum Gasteiger partial charge on any atom is -0.338 e. The standard InChI is InChI=1S/C10H10F4N2O/c1-2-3-15-10(17)16-9-7(13)5(11)4-6(12)8(9)14/h4H,2-3H2,1H3,(H2,15,16,17). The van der Waals surface area contributed by atoms with E-state index in [0.29, 0.717) is 6.42 Å². The minimum atomic E-state index is -1.64. The lowest BCUT2D eigenvalue weighted by atomic mass is 10.2. The SMILES string of the molecule is CCCNC(=O)Nc1c(F)c(F)cc(F)c1F. The monoisotopic (exact) mass is 250 g/mol. The van der Waals surface area contributed by atoms with Gasteiger partial charge in [-0.2, -0.15) is 0 Å². The van der Waals surface area contributed by atoms with Crippen molar-refractivity contribution in [3.05, 3.63) is 29.3 Å². The molecule has 0 aliphatic rings. The number of urea groups is 1. The van der Waals surface area contributed by atoms with E-state index in [1.165, 1.54) is 0 Å².